The molecule has 1 N–H and O–H groups in total. The summed E-state index contributed by atoms with van der Waals surface area (Å²) in [6.07, 6.45) is 0. The molecule has 0 aliphatic heterocycles. The highest BCUT2D eigenvalue weighted by Crippen LogP contribution is 2.33. The van der Waals surface area contributed by atoms with Gasteiger partial charge in [-0.05, 0) is 47.0 Å². The normalized spacial score (nSPS) is 10.8. The number of carbonyl (C=O) groups is 1. The summed E-state index contributed by atoms with van der Waals surface area (Å²) in [5.74, 6) is -0.0990. The summed E-state index contributed by atoms with van der Waals surface area (Å²) < 4.78 is 0. The van der Waals surface area contributed by atoms with E-state index in [1.54, 1.807) is 17.4 Å². The van der Waals surface area contributed by atoms with Crippen LogP contribution in [0, 0.1) is 0 Å². The van der Waals surface area contributed by atoms with E-state index in [4.69, 9.17) is 28.2 Å². The number of hydrogen-bond acceptors (Lipinski definition) is 3. The Kier molecular flexibility index (Phi) is 6.96. The highest BCUT2D eigenvalue weighted by Gasteiger charge is 2.11. The first-order valence-corrected chi connectivity index (χ1v) is 12.6. The molecule has 5 rings (SSSR count). The van der Waals surface area contributed by atoms with Gasteiger partial charge in [-0.25, -0.2) is 4.98 Å². The minimum Gasteiger partial charge on any atom is -0.348 e. The van der Waals surface area contributed by atoms with Crippen molar-refractivity contribution < 1.29 is 4.79 Å². The molecule has 0 spiro atoms. The van der Waals surface area contributed by atoms with Gasteiger partial charge in [0.05, 0.1) is 15.7 Å². The first-order valence-electron chi connectivity index (χ1n) is 11.0. The van der Waals surface area contributed by atoms with E-state index in [1.807, 2.05) is 90.3 Å². The van der Waals surface area contributed by atoms with Crippen LogP contribution >= 0.6 is 34.5 Å². The van der Waals surface area contributed by atoms with Crippen LogP contribution in [0.1, 0.15) is 15.9 Å². The molecule has 0 aliphatic carbocycles. The molecule has 35 heavy (non-hydrogen) atoms. The van der Waals surface area contributed by atoms with E-state index >= 15 is 0 Å². The second-order valence-corrected chi connectivity index (χ2v) is 9.67. The van der Waals surface area contributed by atoms with Crippen LogP contribution in [0.4, 0.5) is 0 Å². The largest absolute Gasteiger partial charge is 0.348 e. The van der Waals surface area contributed by atoms with Gasteiger partial charge in [0.15, 0.2) is 0 Å². The Morgan fingerprint density at radius 2 is 1.49 bits per heavy atom. The molecule has 3 nitrogen and oxygen atoms in total. The third kappa shape index (κ3) is 5.46. The van der Waals surface area contributed by atoms with Crippen molar-refractivity contribution in [2.75, 3.05) is 0 Å². The minimum atomic E-state index is -0.0990. The van der Waals surface area contributed by atoms with Crippen molar-refractivity contribution in [3.63, 3.8) is 0 Å². The molecule has 0 saturated carbocycles. The second kappa shape index (κ2) is 10.4. The number of amides is 1. The molecule has 1 aromatic heterocycles. The number of benzene rings is 4. The summed E-state index contributed by atoms with van der Waals surface area (Å²) in [5, 5.41) is 6.94. The monoisotopic (exact) mass is 514 g/mol. The number of thiazole rings is 1. The maximum Gasteiger partial charge on any atom is 0.251 e. The van der Waals surface area contributed by atoms with Gasteiger partial charge in [-0.2, -0.15) is 0 Å². The van der Waals surface area contributed by atoms with Crippen LogP contribution in [0.15, 0.2) is 102 Å². The zero-order chi connectivity index (χ0) is 24.2. The van der Waals surface area contributed by atoms with Gasteiger partial charge in [-0.15, -0.1) is 11.3 Å². The molecule has 0 saturated heterocycles. The van der Waals surface area contributed by atoms with Gasteiger partial charge >= 0.3 is 0 Å². The van der Waals surface area contributed by atoms with Gasteiger partial charge in [-0.1, -0.05) is 89.9 Å². The molecule has 6 heteroatoms. The topological polar surface area (TPSA) is 42.0 Å². The summed E-state index contributed by atoms with van der Waals surface area (Å²) in [7, 11) is 0. The van der Waals surface area contributed by atoms with Crippen molar-refractivity contribution >= 4 is 40.4 Å². The van der Waals surface area contributed by atoms with Crippen molar-refractivity contribution in [3.8, 4) is 33.0 Å². The number of carbonyl (C=O) groups excluding carboxylic acids is 1. The van der Waals surface area contributed by atoms with Gasteiger partial charge < -0.3 is 5.32 Å². The third-order valence-corrected chi connectivity index (χ3v) is 7.21. The van der Waals surface area contributed by atoms with Crippen molar-refractivity contribution in [1.82, 2.24) is 10.3 Å². The maximum absolute atomic E-state index is 12.7. The van der Waals surface area contributed by atoms with Crippen molar-refractivity contribution in [1.29, 1.82) is 0 Å². The lowest BCUT2D eigenvalue weighted by Crippen LogP contribution is -2.22. The molecular weight excluding hydrogens is 495 g/mol. The van der Waals surface area contributed by atoms with Gasteiger partial charge in [0, 0.05) is 28.6 Å². The summed E-state index contributed by atoms with van der Waals surface area (Å²) in [4.78, 5) is 17.5. The van der Waals surface area contributed by atoms with Gasteiger partial charge in [0.2, 0.25) is 0 Å². The SMILES string of the molecule is O=C(NCc1ccccc1)c1cccc(-c2cccc(-c3nc(-c4ccc(Cl)c(Cl)c4)cs3)c2)c1. The van der Waals surface area contributed by atoms with Crippen molar-refractivity contribution in [2.45, 2.75) is 6.54 Å². The molecule has 0 unspecified atom stereocenters. The molecular formula is C29H20Cl2N2OS. The Bertz CT molecular complexity index is 1500. The van der Waals surface area contributed by atoms with Crippen LogP contribution in [0.3, 0.4) is 0 Å². The van der Waals surface area contributed by atoms with E-state index in [1.165, 1.54) is 0 Å². The van der Waals surface area contributed by atoms with Gasteiger partial charge in [0.25, 0.3) is 5.91 Å². The van der Waals surface area contributed by atoms with E-state index in [2.05, 4.69) is 11.4 Å². The molecule has 5 aromatic rings. The Hall–Kier alpha value is -3.44. The summed E-state index contributed by atoms with van der Waals surface area (Å²) in [6, 6.07) is 31.2. The number of aromatic nitrogens is 1. The standard InChI is InChI=1S/C29H20Cl2N2OS/c30-25-13-12-22(16-26(25)31)27-18-35-29(33-27)24-11-5-9-21(15-24)20-8-4-10-23(14-20)28(34)32-17-19-6-2-1-3-7-19/h1-16,18H,17H2,(H,32,34). The molecule has 0 atom stereocenters. The smallest absolute Gasteiger partial charge is 0.251 e. The molecule has 172 valence electrons. The van der Waals surface area contributed by atoms with Crippen LogP contribution in [0.25, 0.3) is 33.0 Å². The fourth-order valence-corrected chi connectivity index (χ4v) is 4.87. The van der Waals surface area contributed by atoms with E-state index in [0.29, 0.717) is 22.2 Å². The van der Waals surface area contributed by atoms with Crippen LogP contribution < -0.4 is 5.32 Å². The number of hydrogen-bond donors (Lipinski definition) is 1. The quantitative estimate of drug-likeness (QED) is 0.247. The van der Waals surface area contributed by atoms with Crippen LogP contribution in [-0.4, -0.2) is 10.9 Å². The second-order valence-electron chi connectivity index (χ2n) is 8.00. The molecule has 0 radical (unpaired) electrons. The highest BCUT2D eigenvalue weighted by atomic mass is 35.5. The zero-order valence-electron chi connectivity index (χ0n) is 18.5. The average Bonchev–Trinajstić information content (AvgIpc) is 3.40. The number of nitrogens with one attached hydrogen (secondary N) is 1. The molecule has 0 aliphatic rings. The molecule has 0 bridgehead atoms. The minimum absolute atomic E-state index is 0.0990. The lowest BCUT2D eigenvalue weighted by Gasteiger charge is -2.08. The summed E-state index contributed by atoms with van der Waals surface area (Å²) >= 11 is 13.8. The maximum atomic E-state index is 12.7. The van der Waals surface area contributed by atoms with E-state index < -0.39 is 0 Å². The van der Waals surface area contributed by atoms with Crippen LogP contribution in [0.2, 0.25) is 10.0 Å². The average molecular weight is 515 g/mol. The van der Waals surface area contributed by atoms with Gasteiger partial charge in [-0.3, -0.25) is 4.79 Å². The van der Waals surface area contributed by atoms with Crippen molar-refractivity contribution in [3.05, 3.63) is 124 Å². The van der Waals surface area contributed by atoms with Crippen LogP contribution in [-0.2, 0) is 6.54 Å². The van der Waals surface area contributed by atoms with Crippen molar-refractivity contribution in [2.24, 2.45) is 0 Å². The fraction of sp³-hybridized carbons (Fsp3) is 0.0345. The predicted molar refractivity (Wildman–Crippen MR) is 146 cm³/mol. The lowest BCUT2D eigenvalue weighted by atomic mass is 10.0. The van der Waals surface area contributed by atoms with Gasteiger partial charge in [0.1, 0.15) is 5.01 Å². The first-order chi connectivity index (χ1) is 17.1. The predicted octanol–water partition coefficient (Wildman–Crippen LogP) is 8.38. The highest BCUT2D eigenvalue weighted by molar-refractivity contribution is 7.13. The number of rotatable bonds is 6. The van der Waals surface area contributed by atoms with Crippen LogP contribution in [0.5, 0.6) is 0 Å². The Labute approximate surface area is 218 Å². The Morgan fingerprint density at radius 3 is 2.29 bits per heavy atom. The third-order valence-electron chi connectivity index (χ3n) is 5.58. The summed E-state index contributed by atoms with van der Waals surface area (Å²) in [6.45, 7) is 0.491. The first kappa shape index (κ1) is 23.3. The molecule has 0 fully saturated rings. The Balaban J connectivity index is 1.36. The Morgan fingerprint density at radius 1 is 0.743 bits per heavy atom. The summed E-state index contributed by atoms with van der Waals surface area (Å²) in [5.41, 5.74) is 6.47. The van der Waals surface area contributed by atoms with E-state index in [9.17, 15) is 4.79 Å². The number of nitrogens with zero attached hydrogens (tertiary/aromatic N) is 1. The zero-order valence-corrected chi connectivity index (χ0v) is 20.9. The van der Waals surface area contributed by atoms with E-state index in [-0.39, 0.29) is 5.91 Å². The molecule has 4 aromatic carbocycles. The fourth-order valence-electron chi connectivity index (χ4n) is 3.75. The lowest BCUT2D eigenvalue weighted by molar-refractivity contribution is 0.0951. The molecule has 1 heterocycles. The number of halogens is 2. The molecule has 1 amide bonds. The van der Waals surface area contributed by atoms with E-state index in [0.717, 1.165) is 38.5 Å².